The normalized spacial score (nSPS) is 20.6. The van der Waals surface area contributed by atoms with E-state index in [4.69, 9.17) is 14.0 Å². The van der Waals surface area contributed by atoms with E-state index in [1.807, 2.05) is 52.0 Å². The Morgan fingerprint density at radius 3 is 2.13 bits per heavy atom. The van der Waals surface area contributed by atoms with Crippen molar-refractivity contribution in [2.24, 2.45) is 0 Å². The van der Waals surface area contributed by atoms with Crippen LogP contribution in [0.15, 0.2) is 34.5 Å². The summed E-state index contributed by atoms with van der Waals surface area (Å²) in [6.07, 6.45) is 0.452. The van der Waals surface area contributed by atoms with E-state index in [1.54, 1.807) is 7.11 Å². The van der Waals surface area contributed by atoms with Crippen LogP contribution in [0.25, 0.3) is 5.57 Å². The highest BCUT2D eigenvalue weighted by atomic mass is 79.9. The molecule has 0 atom stereocenters. The average Bonchev–Trinajstić information content (AvgIpc) is 2.69. The van der Waals surface area contributed by atoms with Crippen LogP contribution in [0.5, 0.6) is 0 Å². The fourth-order valence-electron chi connectivity index (χ4n) is 2.35. The van der Waals surface area contributed by atoms with Gasteiger partial charge in [0.15, 0.2) is 0 Å². The molecule has 1 heterocycles. The lowest BCUT2D eigenvalue weighted by atomic mass is 9.82. The first-order valence-corrected chi connectivity index (χ1v) is 8.46. The highest BCUT2D eigenvalue weighted by Gasteiger charge is 2.53. The third-order valence-electron chi connectivity index (χ3n) is 4.50. The maximum atomic E-state index is 15.1. The number of ether oxygens (including phenoxy) is 1. The number of methoxy groups -OCH3 is 1. The Balaban J connectivity index is 2.36. The summed E-state index contributed by atoms with van der Waals surface area (Å²) in [6.45, 7) is 8.07. The van der Waals surface area contributed by atoms with Gasteiger partial charge in [-0.2, -0.15) is 0 Å². The van der Waals surface area contributed by atoms with Crippen LogP contribution in [-0.2, 0) is 14.0 Å². The van der Waals surface area contributed by atoms with Crippen molar-refractivity contribution in [3.8, 4) is 0 Å². The Morgan fingerprint density at radius 2 is 1.65 bits per heavy atom. The molecule has 0 aliphatic carbocycles. The van der Waals surface area contributed by atoms with Gasteiger partial charge in [-0.05, 0) is 57.4 Å². The summed E-state index contributed by atoms with van der Waals surface area (Å²) in [5.41, 5.74) is -0.166. The average molecular weight is 385 g/mol. The van der Waals surface area contributed by atoms with Crippen molar-refractivity contribution in [1.29, 1.82) is 0 Å². The summed E-state index contributed by atoms with van der Waals surface area (Å²) in [5.74, 6) is 0. The Kier molecular flexibility index (Phi) is 5.72. The van der Waals surface area contributed by atoms with Crippen molar-refractivity contribution in [2.45, 2.75) is 45.3 Å². The van der Waals surface area contributed by atoms with Crippen LogP contribution >= 0.6 is 15.9 Å². The van der Waals surface area contributed by atoms with E-state index in [-0.39, 0.29) is 5.73 Å². The molecule has 1 fully saturated rings. The molecule has 0 N–H and O–H groups in total. The van der Waals surface area contributed by atoms with E-state index >= 15 is 4.39 Å². The van der Waals surface area contributed by atoms with Gasteiger partial charge in [-0.1, -0.05) is 28.1 Å². The first-order valence-electron chi connectivity index (χ1n) is 7.67. The molecule has 0 saturated carbocycles. The van der Waals surface area contributed by atoms with Crippen LogP contribution in [0.1, 0.15) is 39.7 Å². The predicted octanol–water partition coefficient (Wildman–Crippen LogP) is 4.80. The molecule has 0 spiro atoms. The second-order valence-corrected chi connectivity index (χ2v) is 7.58. The minimum Gasteiger partial charge on any atom is -0.398 e. The molecule has 1 saturated heterocycles. The Bertz CT molecular complexity index is 568. The summed E-state index contributed by atoms with van der Waals surface area (Å²) in [7, 11) is 0.613. The zero-order valence-corrected chi connectivity index (χ0v) is 15.9. The SMILES string of the molecule is COCCC(=C(F)B1OC(C)(C)C(C)(C)O1)c1ccc(Br)cc1. The van der Waals surface area contributed by atoms with E-state index in [9.17, 15) is 0 Å². The highest BCUT2D eigenvalue weighted by Crippen LogP contribution is 2.40. The maximum absolute atomic E-state index is 15.1. The van der Waals surface area contributed by atoms with E-state index in [0.717, 1.165) is 10.0 Å². The molecular weight excluding hydrogens is 362 g/mol. The molecule has 2 rings (SSSR count). The van der Waals surface area contributed by atoms with Crippen molar-refractivity contribution in [3.05, 3.63) is 40.0 Å². The number of hydrogen-bond acceptors (Lipinski definition) is 3. The lowest BCUT2D eigenvalue weighted by Crippen LogP contribution is -2.41. The van der Waals surface area contributed by atoms with Crippen LogP contribution in [-0.4, -0.2) is 32.0 Å². The Hall–Kier alpha value is -0.685. The summed E-state index contributed by atoms with van der Waals surface area (Å²) in [5, 5.41) is 0. The molecule has 0 unspecified atom stereocenters. The summed E-state index contributed by atoms with van der Waals surface area (Å²) >= 11 is 3.40. The van der Waals surface area contributed by atoms with E-state index in [2.05, 4.69) is 15.9 Å². The van der Waals surface area contributed by atoms with Gasteiger partial charge in [-0.25, -0.2) is 4.39 Å². The third-order valence-corrected chi connectivity index (χ3v) is 5.03. The fraction of sp³-hybridized carbons (Fsp3) is 0.529. The van der Waals surface area contributed by atoms with Crippen molar-refractivity contribution in [1.82, 2.24) is 0 Å². The van der Waals surface area contributed by atoms with E-state index < -0.39 is 18.3 Å². The minimum atomic E-state index is -0.990. The quantitative estimate of drug-likeness (QED) is 0.682. The van der Waals surface area contributed by atoms with Gasteiger partial charge >= 0.3 is 7.12 Å². The number of rotatable bonds is 5. The van der Waals surface area contributed by atoms with Crippen LogP contribution in [0.4, 0.5) is 4.39 Å². The predicted molar refractivity (Wildman–Crippen MR) is 94.7 cm³/mol. The van der Waals surface area contributed by atoms with Crippen molar-refractivity contribution in [3.63, 3.8) is 0 Å². The lowest BCUT2D eigenvalue weighted by Gasteiger charge is -2.32. The molecule has 1 aliphatic heterocycles. The molecule has 3 nitrogen and oxygen atoms in total. The summed E-state index contributed by atoms with van der Waals surface area (Å²) in [4.78, 5) is 0. The van der Waals surface area contributed by atoms with Crippen molar-refractivity contribution in [2.75, 3.05) is 13.7 Å². The molecule has 6 heteroatoms. The topological polar surface area (TPSA) is 27.7 Å². The van der Waals surface area contributed by atoms with Gasteiger partial charge < -0.3 is 14.0 Å². The van der Waals surface area contributed by atoms with Gasteiger partial charge in [-0.3, -0.25) is 0 Å². The van der Waals surface area contributed by atoms with Crippen LogP contribution in [0.2, 0.25) is 0 Å². The lowest BCUT2D eigenvalue weighted by molar-refractivity contribution is 0.00578. The summed E-state index contributed by atoms with van der Waals surface area (Å²) in [6, 6.07) is 7.53. The number of halogens is 2. The molecular formula is C17H23BBrFO3. The fourth-order valence-corrected chi connectivity index (χ4v) is 2.61. The molecule has 1 aliphatic rings. The molecule has 0 radical (unpaired) electrons. The second kappa shape index (κ2) is 7.05. The molecule has 1 aromatic carbocycles. The second-order valence-electron chi connectivity index (χ2n) is 6.66. The van der Waals surface area contributed by atoms with Crippen molar-refractivity contribution < 1.29 is 18.4 Å². The monoisotopic (exact) mass is 384 g/mol. The Labute approximate surface area is 146 Å². The Morgan fingerprint density at radius 1 is 1.13 bits per heavy atom. The van der Waals surface area contributed by atoms with Crippen LogP contribution in [0.3, 0.4) is 0 Å². The van der Waals surface area contributed by atoms with Gasteiger partial charge in [0.2, 0.25) is 0 Å². The van der Waals surface area contributed by atoms with Crippen molar-refractivity contribution >= 4 is 28.6 Å². The first-order chi connectivity index (χ1) is 10.7. The van der Waals surface area contributed by atoms with Gasteiger partial charge in [0.1, 0.15) is 5.73 Å². The molecule has 1 aromatic rings. The summed E-state index contributed by atoms with van der Waals surface area (Å²) < 4.78 is 32.9. The largest absolute Gasteiger partial charge is 0.525 e. The first kappa shape index (κ1) is 18.7. The zero-order chi connectivity index (χ0) is 17.3. The standard InChI is InChI=1S/C17H23BBrFO3/c1-16(2)17(3,4)23-18(22-16)15(20)14(10-11-21-5)12-6-8-13(19)9-7-12/h6-9H,10-11H2,1-5H3. The van der Waals surface area contributed by atoms with Gasteiger partial charge in [0.25, 0.3) is 0 Å². The van der Waals surface area contributed by atoms with E-state index in [1.165, 1.54) is 0 Å². The molecule has 0 amide bonds. The molecule has 23 heavy (non-hydrogen) atoms. The number of benzene rings is 1. The van der Waals surface area contributed by atoms with E-state index in [0.29, 0.717) is 18.6 Å². The number of hydrogen-bond donors (Lipinski definition) is 0. The highest BCUT2D eigenvalue weighted by molar-refractivity contribution is 9.10. The zero-order valence-electron chi connectivity index (χ0n) is 14.3. The maximum Gasteiger partial charge on any atom is 0.525 e. The minimum absolute atomic E-state index is 0.386. The molecule has 126 valence electrons. The van der Waals surface area contributed by atoms with Gasteiger partial charge in [-0.15, -0.1) is 0 Å². The van der Waals surface area contributed by atoms with Gasteiger partial charge in [0.05, 0.1) is 17.8 Å². The smallest absolute Gasteiger partial charge is 0.398 e. The van der Waals surface area contributed by atoms with Crippen LogP contribution < -0.4 is 0 Å². The van der Waals surface area contributed by atoms with Gasteiger partial charge in [0, 0.05) is 11.6 Å². The molecule has 0 bridgehead atoms. The van der Waals surface area contributed by atoms with Crippen LogP contribution in [0, 0.1) is 0 Å². The molecule has 0 aromatic heterocycles. The third kappa shape index (κ3) is 4.05.